The van der Waals surface area contributed by atoms with Crippen molar-refractivity contribution in [2.24, 2.45) is 0 Å². The number of carbonyl (C=O) groups excluding carboxylic acids is 1. The molecule has 0 radical (unpaired) electrons. The van der Waals surface area contributed by atoms with E-state index in [4.69, 9.17) is 10.8 Å². The molecular weight excluding hydrogens is 444 g/mol. The maximum Gasteiger partial charge on any atom is 0.224 e. The number of aromatic nitrogens is 3. The first-order valence-corrected chi connectivity index (χ1v) is 12.2. The van der Waals surface area contributed by atoms with Crippen LogP contribution >= 0.6 is 11.3 Å². The van der Waals surface area contributed by atoms with Gasteiger partial charge in [-0.15, -0.1) is 11.3 Å². The molecule has 1 aliphatic heterocycles. The van der Waals surface area contributed by atoms with Crippen molar-refractivity contribution >= 4 is 49.7 Å². The standard InChI is InChI=1S/C26H24N6OS/c27-32-25-18(15-29-32)12-20(14-21(25)23-13-17-4-1-2-6-22(17)34-23)30-24(33)10-9-19-8-7-16-5-3-11-28-26(16)31-19/h1-2,4,6-8,12-15H,3,5,9-11,27H2,(H,28,31)(H,30,33). The van der Waals surface area contributed by atoms with Gasteiger partial charge < -0.3 is 16.5 Å². The summed E-state index contributed by atoms with van der Waals surface area (Å²) in [4.78, 5) is 20.0. The summed E-state index contributed by atoms with van der Waals surface area (Å²) in [6, 6.07) is 18.5. The van der Waals surface area contributed by atoms with E-state index >= 15 is 0 Å². The predicted octanol–water partition coefficient (Wildman–Crippen LogP) is 4.96. The van der Waals surface area contributed by atoms with Crippen molar-refractivity contribution in [1.82, 2.24) is 14.9 Å². The van der Waals surface area contributed by atoms with Gasteiger partial charge in [-0.1, -0.05) is 24.3 Å². The van der Waals surface area contributed by atoms with Crippen molar-refractivity contribution in [3.05, 3.63) is 72.1 Å². The van der Waals surface area contributed by atoms with Gasteiger partial charge >= 0.3 is 0 Å². The third kappa shape index (κ3) is 3.86. The Bertz CT molecular complexity index is 1500. The average Bonchev–Trinajstić information content (AvgIpc) is 3.46. The molecule has 0 saturated carbocycles. The van der Waals surface area contributed by atoms with Gasteiger partial charge in [-0.3, -0.25) is 4.79 Å². The number of nitrogens with one attached hydrogen (secondary N) is 2. The molecule has 4 heterocycles. The SMILES string of the molecule is Nn1ncc2cc(NC(=O)CCc3ccc4c(n3)NCCC4)cc(-c3cc4ccccc4s3)c21. The Hall–Kier alpha value is -3.91. The zero-order valence-electron chi connectivity index (χ0n) is 18.5. The maximum absolute atomic E-state index is 12.8. The van der Waals surface area contributed by atoms with Crippen LogP contribution in [0.2, 0.25) is 0 Å². The fourth-order valence-corrected chi connectivity index (χ4v) is 5.62. The number of fused-ring (bicyclic) bond motifs is 3. The summed E-state index contributed by atoms with van der Waals surface area (Å²) in [7, 11) is 0. The highest BCUT2D eigenvalue weighted by atomic mass is 32.1. The summed E-state index contributed by atoms with van der Waals surface area (Å²) in [5, 5.41) is 12.7. The minimum atomic E-state index is -0.0470. The number of benzene rings is 2. The Morgan fingerprint density at radius 2 is 2.06 bits per heavy atom. The summed E-state index contributed by atoms with van der Waals surface area (Å²) in [6.45, 7) is 0.952. The summed E-state index contributed by atoms with van der Waals surface area (Å²) in [5.41, 5.74) is 4.71. The highest BCUT2D eigenvalue weighted by Gasteiger charge is 2.16. The van der Waals surface area contributed by atoms with Gasteiger partial charge in [-0.2, -0.15) is 9.89 Å². The smallest absolute Gasteiger partial charge is 0.224 e. The molecule has 0 aliphatic carbocycles. The van der Waals surface area contributed by atoms with E-state index in [1.165, 1.54) is 20.4 Å². The average molecular weight is 469 g/mol. The molecule has 7 nitrogen and oxygen atoms in total. The van der Waals surface area contributed by atoms with Gasteiger partial charge in [-0.25, -0.2) is 4.98 Å². The topological polar surface area (TPSA) is 97.9 Å². The van der Waals surface area contributed by atoms with E-state index in [-0.39, 0.29) is 5.91 Å². The summed E-state index contributed by atoms with van der Waals surface area (Å²) in [6.07, 6.45) is 4.87. The normalized spacial score (nSPS) is 13.1. The number of nitrogens with two attached hydrogens (primary N) is 1. The minimum absolute atomic E-state index is 0.0470. The van der Waals surface area contributed by atoms with Gasteiger partial charge in [0.15, 0.2) is 0 Å². The second kappa shape index (κ2) is 8.46. The van der Waals surface area contributed by atoms with Crippen molar-refractivity contribution in [3.8, 4) is 10.4 Å². The zero-order chi connectivity index (χ0) is 23.1. The molecule has 0 fully saturated rings. The zero-order valence-corrected chi connectivity index (χ0v) is 19.4. The molecule has 2 aromatic carbocycles. The molecular formula is C26H24N6OS. The van der Waals surface area contributed by atoms with E-state index < -0.39 is 0 Å². The second-order valence-corrected chi connectivity index (χ2v) is 9.67. The maximum atomic E-state index is 12.8. The molecule has 1 aliphatic rings. The first-order valence-electron chi connectivity index (χ1n) is 11.4. The van der Waals surface area contributed by atoms with Crippen LogP contribution in [0, 0.1) is 0 Å². The van der Waals surface area contributed by atoms with Crippen molar-refractivity contribution in [1.29, 1.82) is 0 Å². The van der Waals surface area contributed by atoms with Gasteiger partial charge in [0.1, 0.15) is 11.3 Å². The number of carbonyl (C=O) groups is 1. The molecule has 0 saturated heterocycles. The van der Waals surface area contributed by atoms with Gasteiger partial charge in [0.2, 0.25) is 5.91 Å². The number of thiophene rings is 1. The van der Waals surface area contributed by atoms with Gasteiger partial charge in [0.05, 0.1) is 6.20 Å². The molecule has 0 unspecified atom stereocenters. The summed E-state index contributed by atoms with van der Waals surface area (Å²) in [5.74, 6) is 7.04. The molecule has 4 N–H and O–H groups in total. The first kappa shape index (κ1) is 20.7. The van der Waals surface area contributed by atoms with Gasteiger partial charge in [0, 0.05) is 44.9 Å². The molecule has 1 amide bonds. The Labute approximate surface area is 200 Å². The van der Waals surface area contributed by atoms with E-state index in [2.05, 4.69) is 40.0 Å². The van der Waals surface area contributed by atoms with Crippen LogP contribution in [0.1, 0.15) is 24.1 Å². The Balaban J connectivity index is 1.25. The quantitative estimate of drug-likeness (QED) is 0.317. The number of aryl methyl sites for hydroxylation is 2. The van der Waals surface area contributed by atoms with Crippen LogP contribution in [-0.2, 0) is 17.6 Å². The van der Waals surface area contributed by atoms with Gasteiger partial charge in [0.25, 0.3) is 0 Å². The number of anilines is 2. The van der Waals surface area contributed by atoms with Crippen molar-refractivity contribution < 1.29 is 4.79 Å². The molecule has 3 aromatic heterocycles. The number of pyridine rings is 1. The highest BCUT2D eigenvalue weighted by Crippen LogP contribution is 2.38. The Morgan fingerprint density at radius 1 is 1.15 bits per heavy atom. The lowest BCUT2D eigenvalue weighted by molar-refractivity contribution is -0.116. The van der Waals surface area contributed by atoms with Crippen molar-refractivity contribution in [2.75, 3.05) is 23.0 Å². The highest BCUT2D eigenvalue weighted by molar-refractivity contribution is 7.22. The number of nitrogen functional groups attached to an aromatic ring is 1. The largest absolute Gasteiger partial charge is 0.370 e. The molecule has 0 spiro atoms. The Morgan fingerprint density at radius 3 is 2.97 bits per heavy atom. The number of hydrogen-bond acceptors (Lipinski definition) is 6. The second-order valence-electron chi connectivity index (χ2n) is 8.59. The molecule has 34 heavy (non-hydrogen) atoms. The number of rotatable bonds is 5. The van der Waals surface area contributed by atoms with Gasteiger partial charge in [-0.05, 0) is 60.5 Å². The number of hydrogen-bond donors (Lipinski definition) is 3. The number of nitrogens with zero attached hydrogens (tertiary/aromatic N) is 3. The van der Waals surface area contributed by atoms with Crippen molar-refractivity contribution in [2.45, 2.75) is 25.7 Å². The summed E-state index contributed by atoms with van der Waals surface area (Å²) < 4.78 is 1.20. The summed E-state index contributed by atoms with van der Waals surface area (Å²) >= 11 is 1.70. The number of amides is 1. The van der Waals surface area contributed by atoms with Crippen LogP contribution in [0.5, 0.6) is 0 Å². The van der Waals surface area contributed by atoms with Crippen LogP contribution in [0.4, 0.5) is 11.5 Å². The van der Waals surface area contributed by atoms with Crippen LogP contribution in [0.3, 0.4) is 0 Å². The van der Waals surface area contributed by atoms with Crippen LogP contribution in [0.15, 0.2) is 60.8 Å². The minimum Gasteiger partial charge on any atom is -0.370 e. The molecule has 170 valence electrons. The monoisotopic (exact) mass is 468 g/mol. The predicted molar refractivity (Wildman–Crippen MR) is 139 cm³/mol. The fraction of sp³-hybridized carbons (Fsp3) is 0.192. The lowest BCUT2D eigenvalue weighted by atomic mass is 10.1. The third-order valence-corrected chi connectivity index (χ3v) is 7.37. The molecule has 8 heteroatoms. The fourth-order valence-electron chi connectivity index (χ4n) is 4.54. The molecule has 6 rings (SSSR count). The first-order chi connectivity index (χ1) is 16.6. The van der Waals surface area contributed by atoms with Crippen LogP contribution in [0.25, 0.3) is 31.4 Å². The lowest BCUT2D eigenvalue weighted by Gasteiger charge is -2.17. The van der Waals surface area contributed by atoms with Crippen LogP contribution < -0.4 is 16.5 Å². The van der Waals surface area contributed by atoms with E-state index in [1.807, 2.05) is 30.3 Å². The van der Waals surface area contributed by atoms with E-state index in [0.29, 0.717) is 12.8 Å². The third-order valence-electron chi connectivity index (χ3n) is 6.22. The lowest BCUT2D eigenvalue weighted by Crippen LogP contribution is -2.15. The van der Waals surface area contributed by atoms with E-state index in [9.17, 15) is 4.79 Å². The van der Waals surface area contributed by atoms with E-state index in [1.54, 1.807) is 17.5 Å². The van der Waals surface area contributed by atoms with Crippen molar-refractivity contribution in [3.63, 3.8) is 0 Å². The molecule has 0 bridgehead atoms. The molecule has 5 aromatic rings. The molecule has 0 atom stereocenters. The van der Waals surface area contributed by atoms with Crippen LogP contribution in [-0.4, -0.2) is 27.3 Å². The van der Waals surface area contributed by atoms with E-state index in [0.717, 1.165) is 57.9 Å². The Kier molecular flexibility index (Phi) is 5.15.